The minimum absolute atomic E-state index is 0.0365. The van der Waals surface area contributed by atoms with Crippen molar-refractivity contribution in [3.63, 3.8) is 0 Å². The van der Waals surface area contributed by atoms with Crippen LogP contribution in [0.2, 0.25) is 5.02 Å². The van der Waals surface area contributed by atoms with Crippen LogP contribution in [0.25, 0.3) is 0 Å². The molecule has 1 aliphatic rings. The van der Waals surface area contributed by atoms with Gasteiger partial charge in [-0.3, -0.25) is 4.79 Å². The number of amides is 1. The molecule has 2 aromatic carbocycles. The van der Waals surface area contributed by atoms with Crippen LogP contribution in [0.15, 0.2) is 48.5 Å². The molecule has 0 unspecified atom stereocenters. The van der Waals surface area contributed by atoms with Gasteiger partial charge < -0.3 is 5.32 Å². The van der Waals surface area contributed by atoms with E-state index in [0.717, 1.165) is 12.0 Å². The molecular formula is C19H19ClFNO. The topological polar surface area (TPSA) is 29.1 Å². The number of carbonyl (C=O) groups excluding carboxylic acids is 1. The van der Waals surface area contributed by atoms with Gasteiger partial charge in [-0.15, -0.1) is 0 Å². The molecule has 3 rings (SSSR count). The molecule has 2 atom stereocenters. The lowest BCUT2D eigenvalue weighted by molar-refractivity contribution is -0.125. The number of benzene rings is 2. The van der Waals surface area contributed by atoms with Crippen molar-refractivity contribution < 1.29 is 9.18 Å². The standard InChI is InChI=1S/C19H19ClFNO/c1-19(2,13-5-9-15(21)10-6-13)18(23)22-17-11-16(17)12-3-7-14(20)8-4-12/h3-10,16-17H,11H2,1-2H3,(H,22,23)/t16-,17+/m0/s1. The Balaban J connectivity index is 1.65. The smallest absolute Gasteiger partial charge is 0.230 e. The Morgan fingerprint density at radius 3 is 2.35 bits per heavy atom. The largest absolute Gasteiger partial charge is 0.352 e. The van der Waals surface area contributed by atoms with Crippen LogP contribution in [0.4, 0.5) is 4.39 Å². The van der Waals surface area contributed by atoms with Crippen LogP contribution in [0.1, 0.15) is 37.3 Å². The van der Waals surface area contributed by atoms with Gasteiger partial charge in [0.05, 0.1) is 5.41 Å². The number of carbonyl (C=O) groups is 1. The van der Waals surface area contributed by atoms with Crippen molar-refractivity contribution in [3.05, 3.63) is 70.5 Å². The lowest BCUT2D eigenvalue weighted by Crippen LogP contribution is -2.41. The number of halogens is 2. The molecule has 1 saturated carbocycles. The highest BCUT2D eigenvalue weighted by Crippen LogP contribution is 2.41. The van der Waals surface area contributed by atoms with E-state index in [9.17, 15) is 9.18 Å². The summed E-state index contributed by atoms with van der Waals surface area (Å²) in [6.07, 6.45) is 0.937. The summed E-state index contributed by atoms with van der Waals surface area (Å²) >= 11 is 5.90. The minimum Gasteiger partial charge on any atom is -0.352 e. The molecule has 1 fully saturated rings. The number of rotatable bonds is 4. The molecule has 0 aromatic heterocycles. The third-order valence-corrected chi connectivity index (χ3v) is 4.79. The molecule has 1 aliphatic carbocycles. The Hall–Kier alpha value is -1.87. The van der Waals surface area contributed by atoms with E-state index in [4.69, 9.17) is 11.6 Å². The lowest BCUT2D eigenvalue weighted by Gasteiger charge is -2.24. The molecule has 0 heterocycles. The summed E-state index contributed by atoms with van der Waals surface area (Å²) in [5.74, 6) is 0.0146. The van der Waals surface area contributed by atoms with Crippen LogP contribution >= 0.6 is 11.6 Å². The van der Waals surface area contributed by atoms with E-state index in [1.54, 1.807) is 12.1 Å². The third kappa shape index (κ3) is 3.40. The van der Waals surface area contributed by atoms with Gasteiger partial charge in [-0.1, -0.05) is 35.9 Å². The van der Waals surface area contributed by atoms with Gasteiger partial charge in [0.25, 0.3) is 0 Å². The van der Waals surface area contributed by atoms with E-state index in [1.165, 1.54) is 17.7 Å². The summed E-state index contributed by atoms with van der Waals surface area (Å²) in [4.78, 5) is 12.6. The fourth-order valence-electron chi connectivity index (χ4n) is 2.78. The molecule has 1 amide bonds. The summed E-state index contributed by atoms with van der Waals surface area (Å²) in [7, 11) is 0. The molecular weight excluding hydrogens is 313 g/mol. The normalized spacial score (nSPS) is 20.2. The predicted molar refractivity (Wildman–Crippen MR) is 90.2 cm³/mol. The van der Waals surface area contributed by atoms with Crippen LogP contribution in [-0.4, -0.2) is 11.9 Å². The zero-order valence-corrected chi connectivity index (χ0v) is 13.9. The Labute approximate surface area is 140 Å². The molecule has 2 aromatic rings. The maximum atomic E-state index is 13.1. The highest BCUT2D eigenvalue weighted by molar-refractivity contribution is 6.30. The number of hydrogen-bond acceptors (Lipinski definition) is 1. The van der Waals surface area contributed by atoms with Crippen molar-refractivity contribution in [2.75, 3.05) is 0 Å². The maximum Gasteiger partial charge on any atom is 0.230 e. The molecule has 0 radical (unpaired) electrons. The van der Waals surface area contributed by atoms with Gasteiger partial charge >= 0.3 is 0 Å². The number of hydrogen-bond donors (Lipinski definition) is 1. The minimum atomic E-state index is -0.694. The van der Waals surface area contributed by atoms with Gasteiger partial charge in [-0.25, -0.2) is 4.39 Å². The van der Waals surface area contributed by atoms with Gasteiger partial charge in [0, 0.05) is 17.0 Å². The van der Waals surface area contributed by atoms with E-state index in [-0.39, 0.29) is 17.8 Å². The van der Waals surface area contributed by atoms with Crippen molar-refractivity contribution in [2.45, 2.75) is 37.6 Å². The van der Waals surface area contributed by atoms with Gasteiger partial charge in [0.2, 0.25) is 5.91 Å². The predicted octanol–water partition coefficient (Wildman–Crippen LogP) is 4.43. The molecule has 0 spiro atoms. The molecule has 1 N–H and O–H groups in total. The van der Waals surface area contributed by atoms with E-state index < -0.39 is 5.41 Å². The second kappa shape index (κ2) is 5.97. The van der Waals surface area contributed by atoms with Crippen molar-refractivity contribution in [3.8, 4) is 0 Å². The van der Waals surface area contributed by atoms with E-state index in [2.05, 4.69) is 5.32 Å². The Morgan fingerprint density at radius 2 is 1.74 bits per heavy atom. The summed E-state index contributed by atoms with van der Waals surface area (Å²) in [5, 5.41) is 3.82. The van der Waals surface area contributed by atoms with Crippen LogP contribution in [-0.2, 0) is 10.2 Å². The second-order valence-electron chi connectivity index (χ2n) is 6.61. The molecule has 2 nitrogen and oxygen atoms in total. The fourth-order valence-corrected chi connectivity index (χ4v) is 2.91. The summed E-state index contributed by atoms with van der Waals surface area (Å²) < 4.78 is 13.1. The summed E-state index contributed by atoms with van der Waals surface area (Å²) in [6, 6.07) is 14.0. The second-order valence-corrected chi connectivity index (χ2v) is 7.04. The van der Waals surface area contributed by atoms with Gasteiger partial charge in [-0.2, -0.15) is 0 Å². The Kier molecular flexibility index (Phi) is 4.15. The van der Waals surface area contributed by atoms with Crippen molar-refractivity contribution in [1.82, 2.24) is 5.32 Å². The summed E-state index contributed by atoms with van der Waals surface area (Å²) in [5.41, 5.74) is 1.31. The Bertz CT molecular complexity index is 709. The summed E-state index contributed by atoms with van der Waals surface area (Å²) in [6.45, 7) is 3.71. The number of nitrogens with one attached hydrogen (secondary N) is 1. The highest BCUT2D eigenvalue weighted by atomic mass is 35.5. The highest BCUT2D eigenvalue weighted by Gasteiger charge is 2.42. The van der Waals surface area contributed by atoms with Crippen LogP contribution < -0.4 is 5.32 Å². The quantitative estimate of drug-likeness (QED) is 0.882. The first-order valence-electron chi connectivity index (χ1n) is 7.70. The van der Waals surface area contributed by atoms with Gasteiger partial charge in [0.1, 0.15) is 5.82 Å². The molecule has 120 valence electrons. The van der Waals surface area contributed by atoms with Crippen LogP contribution in [0.3, 0.4) is 0 Å². The molecule has 4 heteroatoms. The zero-order chi connectivity index (χ0) is 16.6. The molecule has 23 heavy (non-hydrogen) atoms. The zero-order valence-electron chi connectivity index (χ0n) is 13.1. The monoisotopic (exact) mass is 331 g/mol. The molecule has 0 aliphatic heterocycles. The van der Waals surface area contributed by atoms with E-state index in [1.807, 2.05) is 38.1 Å². The maximum absolute atomic E-state index is 13.1. The molecule has 0 saturated heterocycles. The van der Waals surface area contributed by atoms with Gasteiger partial charge in [-0.05, 0) is 55.7 Å². The first kappa shape index (κ1) is 16.0. The van der Waals surface area contributed by atoms with E-state index in [0.29, 0.717) is 10.9 Å². The first-order valence-corrected chi connectivity index (χ1v) is 8.08. The fraction of sp³-hybridized carbons (Fsp3) is 0.316. The third-order valence-electron chi connectivity index (χ3n) is 4.54. The van der Waals surface area contributed by atoms with Crippen molar-refractivity contribution >= 4 is 17.5 Å². The van der Waals surface area contributed by atoms with Crippen LogP contribution in [0.5, 0.6) is 0 Å². The SMILES string of the molecule is CC(C)(C(=O)N[C@@H]1C[C@H]1c1ccc(Cl)cc1)c1ccc(F)cc1. The first-order chi connectivity index (χ1) is 10.9. The van der Waals surface area contributed by atoms with Crippen molar-refractivity contribution in [2.24, 2.45) is 0 Å². The Morgan fingerprint density at radius 1 is 1.13 bits per heavy atom. The average Bonchev–Trinajstić information content (AvgIpc) is 3.27. The van der Waals surface area contributed by atoms with Crippen molar-refractivity contribution in [1.29, 1.82) is 0 Å². The lowest BCUT2D eigenvalue weighted by atomic mass is 9.83. The van der Waals surface area contributed by atoms with E-state index >= 15 is 0 Å². The molecule has 0 bridgehead atoms. The van der Waals surface area contributed by atoms with Gasteiger partial charge in [0.15, 0.2) is 0 Å². The van der Waals surface area contributed by atoms with Crippen LogP contribution in [0, 0.1) is 5.82 Å². The average molecular weight is 332 g/mol.